The van der Waals surface area contributed by atoms with Gasteiger partial charge in [-0.1, -0.05) is 13.3 Å². The molecule has 5 nitrogen and oxygen atoms in total. The molecule has 0 aliphatic carbocycles. The normalized spacial score (nSPS) is 22.0. The maximum atomic E-state index is 11.8. The molecule has 0 saturated carbocycles. The molecule has 1 aliphatic heterocycles. The molecule has 1 amide bonds. The van der Waals surface area contributed by atoms with E-state index in [0.29, 0.717) is 18.6 Å². The van der Waals surface area contributed by atoms with Gasteiger partial charge in [0.05, 0.1) is 0 Å². The number of likely N-dealkylation sites (tertiary alicyclic amines) is 1. The molecule has 0 spiro atoms. The number of alkyl carbamates (subject to hydrolysis) is 1. The minimum absolute atomic E-state index is 0.323. The first kappa shape index (κ1) is 19.2. The fourth-order valence-corrected chi connectivity index (χ4v) is 2.85. The number of rotatable bonds is 6. The maximum absolute atomic E-state index is 11.8. The number of carbonyl (C=O) groups is 1. The van der Waals surface area contributed by atoms with Crippen molar-refractivity contribution in [3.63, 3.8) is 0 Å². The highest BCUT2D eigenvalue weighted by atomic mass is 16.6. The number of amides is 1. The highest BCUT2D eigenvalue weighted by Crippen LogP contribution is 2.12. The standard InChI is InChI=1S/C17H35N3O2/c1-6-8-15(13-18-16(21)22-17(2,3)4)19-14-9-7-11-20(5)12-10-14/h14-15,19H,6-13H2,1-5H3,(H,18,21). The third kappa shape index (κ3) is 8.59. The molecule has 0 aromatic rings. The van der Waals surface area contributed by atoms with Crippen molar-refractivity contribution in [2.75, 3.05) is 26.7 Å². The van der Waals surface area contributed by atoms with Gasteiger partial charge in [0.1, 0.15) is 5.60 Å². The van der Waals surface area contributed by atoms with Crippen LogP contribution in [0.15, 0.2) is 0 Å². The van der Waals surface area contributed by atoms with Crippen LogP contribution in [0.5, 0.6) is 0 Å². The van der Waals surface area contributed by atoms with Gasteiger partial charge in [0.2, 0.25) is 0 Å². The zero-order valence-electron chi connectivity index (χ0n) is 15.1. The number of hydrogen-bond acceptors (Lipinski definition) is 4. The fourth-order valence-electron chi connectivity index (χ4n) is 2.85. The molecular weight excluding hydrogens is 278 g/mol. The van der Waals surface area contributed by atoms with Crippen LogP contribution in [0.25, 0.3) is 0 Å². The topological polar surface area (TPSA) is 53.6 Å². The summed E-state index contributed by atoms with van der Waals surface area (Å²) < 4.78 is 5.31. The summed E-state index contributed by atoms with van der Waals surface area (Å²) in [6, 6.07) is 0.882. The van der Waals surface area contributed by atoms with E-state index < -0.39 is 5.60 Å². The van der Waals surface area contributed by atoms with Gasteiger partial charge in [-0.3, -0.25) is 0 Å². The van der Waals surface area contributed by atoms with Crippen molar-refractivity contribution >= 4 is 6.09 Å². The largest absolute Gasteiger partial charge is 0.444 e. The van der Waals surface area contributed by atoms with Crippen LogP contribution >= 0.6 is 0 Å². The molecule has 1 heterocycles. The predicted octanol–water partition coefficient (Wildman–Crippen LogP) is 2.75. The van der Waals surface area contributed by atoms with E-state index in [4.69, 9.17) is 4.74 Å². The van der Waals surface area contributed by atoms with E-state index in [2.05, 4.69) is 29.5 Å². The first-order valence-electron chi connectivity index (χ1n) is 8.71. The molecule has 1 rings (SSSR count). The number of nitrogens with zero attached hydrogens (tertiary/aromatic N) is 1. The van der Waals surface area contributed by atoms with Gasteiger partial charge in [0, 0.05) is 18.6 Å². The smallest absolute Gasteiger partial charge is 0.407 e. The van der Waals surface area contributed by atoms with Crippen LogP contribution in [0.2, 0.25) is 0 Å². The summed E-state index contributed by atoms with van der Waals surface area (Å²) >= 11 is 0. The number of carbonyl (C=O) groups excluding carboxylic acids is 1. The van der Waals surface area contributed by atoms with Crippen molar-refractivity contribution in [3.8, 4) is 0 Å². The molecule has 2 atom stereocenters. The van der Waals surface area contributed by atoms with E-state index in [9.17, 15) is 4.79 Å². The third-order valence-electron chi connectivity index (χ3n) is 3.95. The van der Waals surface area contributed by atoms with Gasteiger partial charge in [-0.15, -0.1) is 0 Å². The molecule has 22 heavy (non-hydrogen) atoms. The second kappa shape index (κ2) is 9.36. The molecule has 2 N–H and O–H groups in total. The Balaban J connectivity index is 2.39. The van der Waals surface area contributed by atoms with Gasteiger partial charge in [-0.2, -0.15) is 0 Å². The Morgan fingerprint density at radius 3 is 2.68 bits per heavy atom. The van der Waals surface area contributed by atoms with E-state index >= 15 is 0 Å². The average Bonchev–Trinajstić information content (AvgIpc) is 2.59. The van der Waals surface area contributed by atoms with Gasteiger partial charge in [0.25, 0.3) is 0 Å². The summed E-state index contributed by atoms with van der Waals surface area (Å²) in [5.74, 6) is 0. The van der Waals surface area contributed by atoms with Crippen molar-refractivity contribution in [3.05, 3.63) is 0 Å². The summed E-state index contributed by atoms with van der Waals surface area (Å²) in [4.78, 5) is 14.2. The fraction of sp³-hybridized carbons (Fsp3) is 0.941. The summed E-state index contributed by atoms with van der Waals surface area (Å²) in [5.41, 5.74) is -0.441. The average molecular weight is 313 g/mol. The van der Waals surface area contributed by atoms with Crippen molar-refractivity contribution in [2.45, 2.75) is 77.5 Å². The zero-order valence-corrected chi connectivity index (χ0v) is 15.1. The SMILES string of the molecule is CCCC(CNC(=O)OC(C)(C)C)NC1CCCN(C)CC1. The van der Waals surface area contributed by atoms with E-state index in [-0.39, 0.29) is 6.09 Å². The number of nitrogens with one attached hydrogen (secondary N) is 2. The van der Waals surface area contributed by atoms with E-state index in [1.54, 1.807) is 0 Å². The first-order chi connectivity index (χ1) is 10.3. The van der Waals surface area contributed by atoms with Crippen LogP contribution in [0, 0.1) is 0 Å². The van der Waals surface area contributed by atoms with Crippen molar-refractivity contribution in [1.82, 2.24) is 15.5 Å². The second-order valence-electron chi connectivity index (χ2n) is 7.47. The lowest BCUT2D eigenvalue weighted by Crippen LogP contribution is -2.46. The molecule has 0 radical (unpaired) electrons. The molecule has 0 bridgehead atoms. The lowest BCUT2D eigenvalue weighted by atomic mass is 10.1. The lowest BCUT2D eigenvalue weighted by Gasteiger charge is -2.26. The Labute approximate surface area is 136 Å². The Kier molecular flexibility index (Phi) is 8.18. The minimum atomic E-state index is -0.441. The molecule has 1 fully saturated rings. The highest BCUT2D eigenvalue weighted by Gasteiger charge is 2.20. The Morgan fingerprint density at radius 2 is 2.05 bits per heavy atom. The predicted molar refractivity (Wildman–Crippen MR) is 91.2 cm³/mol. The van der Waals surface area contributed by atoms with Gasteiger partial charge in [-0.25, -0.2) is 4.79 Å². The number of hydrogen-bond donors (Lipinski definition) is 2. The molecule has 0 aromatic heterocycles. The van der Waals surface area contributed by atoms with Gasteiger partial charge < -0.3 is 20.3 Å². The number of ether oxygens (including phenoxy) is 1. The quantitative estimate of drug-likeness (QED) is 0.792. The van der Waals surface area contributed by atoms with Gasteiger partial charge in [0.15, 0.2) is 0 Å². The summed E-state index contributed by atoms with van der Waals surface area (Å²) in [6.07, 6.45) is 5.51. The van der Waals surface area contributed by atoms with Crippen molar-refractivity contribution in [2.24, 2.45) is 0 Å². The van der Waals surface area contributed by atoms with E-state index in [1.807, 2.05) is 20.8 Å². The van der Waals surface area contributed by atoms with Crippen LogP contribution in [0.4, 0.5) is 4.79 Å². The monoisotopic (exact) mass is 313 g/mol. The molecule has 0 aromatic carbocycles. The van der Waals surface area contributed by atoms with Gasteiger partial charge >= 0.3 is 6.09 Å². The Bertz CT molecular complexity index is 328. The zero-order chi connectivity index (χ0) is 16.6. The Hall–Kier alpha value is -0.810. The highest BCUT2D eigenvalue weighted by molar-refractivity contribution is 5.67. The summed E-state index contributed by atoms with van der Waals surface area (Å²) in [7, 11) is 2.19. The minimum Gasteiger partial charge on any atom is -0.444 e. The van der Waals surface area contributed by atoms with Crippen molar-refractivity contribution < 1.29 is 9.53 Å². The third-order valence-corrected chi connectivity index (χ3v) is 3.95. The summed E-state index contributed by atoms with van der Waals surface area (Å²) in [6.45, 7) is 10.8. The molecule has 1 saturated heterocycles. The molecular formula is C17H35N3O2. The van der Waals surface area contributed by atoms with Crippen molar-refractivity contribution in [1.29, 1.82) is 0 Å². The van der Waals surface area contributed by atoms with E-state index in [1.165, 1.54) is 25.8 Å². The molecule has 1 aliphatic rings. The van der Waals surface area contributed by atoms with E-state index in [0.717, 1.165) is 19.4 Å². The molecule has 5 heteroatoms. The van der Waals surface area contributed by atoms with Crippen LogP contribution in [-0.4, -0.2) is 55.4 Å². The summed E-state index contributed by atoms with van der Waals surface area (Å²) in [5, 5.41) is 6.64. The molecule has 130 valence electrons. The van der Waals surface area contributed by atoms with Gasteiger partial charge in [-0.05, 0) is 66.6 Å². The van der Waals surface area contributed by atoms with Crippen LogP contribution in [0.3, 0.4) is 0 Å². The maximum Gasteiger partial charge on any atom is 0.407 e. The second-order valence-corrected chi connectivity index (χ2v) is 7.47. The van der Waals surface area contributed by atoms with Crippen LogP contribution < -0.4 is 10.6 Å². The Morgan fingerprint density at radius 1 is 1.32 bits per heavy atom. The van der Waals surface area contributed by atoms with Crippen LogP contribution in [0.1, 0.15) is 59.8 Å². The lowest BCUT2D eigenvalue weighted by molar-refractivity contribution is 0.0520. The first-order valence-corrected chi connectivity index (χ1v) is 8.71. The van der Waals surface area contributed by atoms with Crippen LogP contribution in [-0.2, 0) is 4.74 Å². The molecule has 2 unspecified atom stereocenters.